The van der Waals surface area contributed by atoms with Gasteiger partial charge in [0.15, 0.2) is 0 Å². The molecule has 0 bridgehead atoms. The summed E-state index contributed by atoms with van der Waals surface area (Å²) in [7, 11) is 0. The van der Waals surface area contributed by atoms with Crippen LogP contribution < -0.4 is 0 Å². The van der Waals surface area contributed by atoms with Gasteiger partial charge in [-0.25, -0.2) is 0 Å². The zero-order valence-electron chi connectivity index (χ0n) is 6.02. The minimum atomic E-state index is 0.989. The van der Waals surface area contributed by atoms with Crippen molar-refractivity contribution in [2.24, 2.45) is 0 Å². The van der Waals surface area contributed by atoms with E-state index in [-0.39, 0.29) is 0 Å². The van der Waals surface area contributed by atoms with Gasteiger partial charge in [0, 0.05) is 0 Å². The van der Waals surface area contributed by atoms with Crippen molar-refractivity contribution < 1.29 is 0 Å². The van der Waals surface area contributed by atoms with Crippen molar-refractivity contribution in [3.05, 3.63) is 33.2 Å². The highest BCUT2D eigenvalue weighted by atomic mass is 32.1. The minimum absolute atomic E-state index is 0.989. The third-order valence-corrected chi connectivity index (χ3v) is 2.55. The standard InChI is InChI=1S/C8H4N2S2/c1(7-3-9-5-11-7)2-8-4-10-6-12-8/h3-6H. The number of hydrogen-bond donors (Lipinski definition) is 0. The average Bonchev–Trinajstić information content (AvgIpc) is 2.74. The highest BCUT2D eigenvalue weighted by Gasteiger charge is 1.88. The van der Waals surface area contributed by atoms with E-state index in [0.29, 0.717) is 0 Å². The van der Waals surface area contributed by atoms with E-state index in [0.717, 1.165) is 9.75 Å². The molecule has 0 aromatic carbocycles. The van der Waals surface area contributed by atoms with E-state index in [1.807, 2.05) is 0 Å². The predicted molar refractivity (Wildman–Crippen MR) is 50.2 cm³/mol. The molecule has 0 unspecified atom stereocenters. The maximum absolute atomic E-state index is 3.93. The summed E-state index contributed by atoms with van der Waals surface area (Å²) < 4.78 is 0. The van der Waals surface area contributed by atoms with Crippen molar-refractivity contribution >= 4 is 22.7 Å². The lowest BCUT2D eigenvalue weighted by atomic mass is 10.5. The summed E-state index contributed by atoms with van der Waals surface area (Å²) >= 11 is 3.09. The van der Waals surface area contributed by atoms with Crippen LogP contribution in [0.1, 0.15) is 9.75 Å². The molecular formula is C8H4N2S2. The second-order valence-corrected chi connectivity index (χ2v) is 3.75. The van der Waals surface area contributed by atoms with Gasteiger partial charge < -0.3 is 0 Å². The molecule has 0 atom stereocenters. The summed E-state index contributed by atoms with van der Waals surface area (Å²) in [5, 5.41) is 0. The normalized spacial score (nSPS) is 9.00. The van der Waals surface area contributed by atoms with Gasteiger partial charge in [0.25, 0.3) is 0 Å². The van der Waals surface area contributed by atoms with E-state index in [2.05, 4.69) is 21.8 Å². The molecular weight excluding hydrogens is 188 g/mol. The van der Waals surface area contributed by atoms with Crippen molar-refractivity contribution in [2.75, 3.05) is 0 Å². The van der Waals surface area contributed by atoms with Crippen molar-refractivity contribution in [1.82, 2.24) is 9.97 Å². The summed E-state index contributed by atoms with van der Waals surface area (Å²) in [5.74, 6) is 6.01. The van der Waals surface area contributed by atoms with Gasteiger partial charge in [-0.05, 0) is 11.8 Å². The summed E-state index contributed by atoms with van der Waals surface area (Å²) in [6.07, 6.45) is 3.53. The van der Waals surface area contributed by atoms with E-state index in [4.69, 9.17) is 0 Å². The summed E-state index contributed by atoms with van der Waals surface area (Å²) in [5.41, 5.74) is 3.55. The van der Waals surface area contributed by atoms with Crippen molar-refractivity contribution in [2.45, 2.75) is 0 Å². The summed E-state index contributed by atoms with van der Waals surface area (Å²) in [6.45, 7) is 0. The third-order valence-electron chi connectivity index (χ3n) is 1.17. The lowest BCUT2D eigenvalue weighted by Crippen LogP contribution is -1.63. The minimum Gasteiger partial charge on any atom is -0.252 e. The molecule has 0 fully saturated rings. The van der Waals surface area contributed by atoms with E-state index < -0.39 is 0 Å². The topological polar surface area (TPSA) is 25.8 Å². The molecule has 0 saturated heterocycles. The highest BCUT2D eigenvalue weighted by molar-refractivity contribution is 7.10. The largest absolute Gasteiger partial charge is 0.252 e. The second kappa shape index (κ2) is 3.48. The Bertz CT molecular complexity index is 354. The maximum Gasteiger partial charge on any atom is 0.0970 e. The Labute approximate surface area is 77.9 Å². The molecule has 0 aliphatic rings. The second-order valence-electron chi connectivity index (χ2n) is 1.98. The summed E-state index contributed by atoms with van der Waals surface area (Å²) in [4.78, 5) is 9.83. The molecule has 2 rings (SSSR count). The molecule has 0 amide bonds. The molecule has 0 spiro atoms. The van der Waals surface area contributed by atoms with Gasteiger partial charge in [0.2, 0.25) is 0 Å². The number of hydrogen-bond acceptors (Lipinski definition) is 4. The van der Waals surface area contributed by atoms with Crippen LogP contribution in [0.5, 0.6) is 0 Å². The summed E-state index contributed by atoms with van der Waals surface area (Å²) in [6, 6.07) is 0. The van der Waals surface area contributed by atoms with E-state index in [1.54, 1.807) is 46.1 Å². The van der Waals surface area contributed by atoms with Gasteiger partial charge in [0.1, 0.15) is 0 Å². The quantitative estimate of drug-likeness (QED) is 0.597. The molecule has 58 valence electrons. The van der Waals surface area contributed by atoms with Crippen LogP contribution in [0.2, 0.25) is 0 Å². The Morgan fingerprint density at radius 1 is 0.917 bits per heavy atom. The first-order valence-corrected chi connectivity index (χ1v) is 5.00. The highest BCUT2D eigenvalue weighted by Crippen LogP contribution is 2.05. The molecule has 4 heteroatoms. The van der Waals surface area contributed by atoms with Crippen molar-refractivity contribution in [3.63, 3.8) is 0 Å². The number of aromatic nitrogens is 2. The number of nitrogens with zero attached hydrogens (tertiary/aromatic N) is 2. The van der Waals surface area contributed by atoms with Gasteiger partial charge >= 0.3 is 0 Å². The van der Waals surface area contributed by atoms with Crippen LogP contribution >= 0.6 is 22.7 Å². The van der Waals surface area contributed by atoms with Crippen molar-refractivity contribution in [1.29, 1.82) is 0 Å². The number of rotatable bonds is 0. The van der Waals surface area contributed by atoms with Gasteiger partial charge in [0.05, 0.1) is 33.2 Å². The Morgan fingerprint density at radius 2 is 1.42 bits per heavy atom. The lowest BCUT2D eigenvalue weighted by molar-refractivity contribution is 1.41. The molecule has 0 aliphatic carbocycles. The van der Waals surface area contributed by atoms with Crippen LogP contribution in [0.25, 0.3) is 0 Å². The fraction of sp³-hybridized carbons (Fsp3) is 0. The fourth-order valence-electron chi connectivity index (χ4n) is 0.678. The van der Waals surface area contributed by atoms with E-state index >= 15 is 0 Å². The smallest absolute Gasteiger partial charge is 0.0970 e. The molecule has 0 radical (unpaired) electrons. The first-order chi connectivity index (χ1) is 5.95. The monoisotopic (exact) mass is 192 g/mol. The fourth-order valence-corrected chi connectivity index (χ4v) is 1.61. The van der Waals surface area contributed by atoms with Gasteiger partial charge in [-0.3, -0.25) is 9.97 Å². The maximum atomic E-state index is 3.93. The molecule has 0 aliphatic heterocycles. The Balaban J connectivity index is 2.22. The van der Waals surface area contributed by atoms with Gasteiger partial charge in [-0.1, -0.05) is 0 Å². The average molecular weight is 192 g/mol. The van der Waals surface area contributed by atoms with E-state index in [1.165, 1.54) is 0 Å². The zero-order valence-corrected chi connectivity index (χ0v) is 7.65. The zero-order chi connectivity index (χ0) is 8.23. The molecule has 2 nitrogen and oxygen atoms in total. The Kier molecular flexibility index (Phi) is 2.16. The van der Waals surface area contributed by atoms with E-state index in [9.17, 15) is 0 Å². The third kappa shape index (κ3) is 1.70. The van der Waals surface area contributed by atoms with Gasteiger partial charge in [-0.2, -0.15) is 0 Å². The molecule has 2 aromatic rings. The molecule has 0 N–H and O–H groups in total. The molecule has 2 heterocycles. The van der Waals surface area contributed by atoms with Crippen LogP contribution in [0, 0.1) is 11.8 Å². The van der Waals surface area contributed by atoms with Crippen LogP contribution in [0.4, 0.5) is 0 Å². The predicted octanol–water partition coefficient (Wildman–Crippen LogP) is 2.00. The lowest BCUT2D eigenvalue weighted by Gasteiger charge is -1.73. The molecule has 0 saturated carbocycles. The van der Waals surface area contributed by atoms with Crippen LogP contribution in [0.15, 0.2) is 23.4 Å². The van der Waals surface area contributed by atoms with Crippen LogP contribution in [-0.4, -0.2) is 9.97 Å². The van der Waals surface area contributed by atoms with Crippen LogP contribution in [-0.2, 0) is 0 Å². The van der Waals surface area contributed by atoms with Gasteiger partial charge in [-0.15, -0.1) is 22.7 Å². The number of thiazole rings is 2. The Morgan fingerprint density at radius 3 is 1.75 bits per heavy atom. The first kappa shape index (κ1) is 7.47. The molecule has 12 heavy (non-hydrogen) atoms. The van der Waals surface area contributed by atoms with Crippen LogP contribution in [0.3, 0.4) is 0 Å². The SMILES string of the molecule is C(#Cc1cncs1)c1cncs1. The first-order valence-electron chi connectivity index (χ1n) is 3.24. The Hall–Kier alpha value is -1.18. The van der Waals surface area contributed by atoms with Crippen molar-refractivity contribution in [3.8, 4) is 11.8 Å². The molecule has 2 aromatic heterocycles.